The molecule has 0 unspecified atom stereocenters. The molecule has 4 saturated carbocycles. The Bertz CT molecular complexity index is 690. The fraction of sp³-hybridized carbons (Fsp3) is 0.857. The van der Waals surface area contributed by atoms with E-state index in [9.17, 15) is 15.2 Å². The predicted octanol–water partition coefficient (Wildman–Crippen LogP) is 4.23. The van der Waals surface area contributed by atoms with E-state index in [1.165, 1.54) is 13.3 Å². The molecular formula is C21H32N2O4. The van der Waals surface area contributed by atoms with Gasteiger partial charge in [-0.3, -0.25) is 4.79 Å². The molecule has 4 rings (SSSR count). The second kappa shape index (κ2) is 6.49. The number of ether oxygens (including phenoxy) is 1. The van der Waals surface area contributed by atoms with Crippen molar-refractivity contribution in [2.75, 3.05) is 0 Å². The highest BCUT2D eigenvalue weighted by molar-refractivity contribution is 6.42. The topological polar surface area (TPSA) is 91.5 Å². The third-order valence-corrected chi connectivity index (χ3v) is 8.85. The van der Waals surface area contributed by atoms with Gasteiger partial charge in [-0.05, 0) is 74.0 Å². The van der Waals surface area contributed by atoms with Crippen LogP contribution in [0.3, 0.4) is 0 Å². The zero-order valence-corrected chi connectivity index (χ0v) is 16.6. The Kier molecular flexibility index (Phi) is 4.51. The average molecular weight is 376 g/mol. The van der Waals surface area contributed by atoms with Gasteiger partial charge >= 0.3 is 5.97 Å². The Morgan fingerprint density at radius 2 is 1.70 bits per heavy atom. The summed E-state index contributed by atoms with van der Waals surface area (Å²) < 4.78 is 5.72. The van der Waals surface area contributed by atoms with Gasteiger partial charge in [-0.15, -0.1) is 0 Å². The number of carbonyl (C=O) groups excluding carboxylic acids is 1. The largest absolute Gasteiger partial charge is 0.462 e. The van der Waals surface area contributed by atoms with Crippen LogP contribution in [0.5, 0.6) is 0 Å². The molecule has 0 saturated heterocycles. The van der Waals surface area contributed by atoms with Crippen molar-refractivity contribution in [2.45, 2.75) is 78.2 Å². The maximum Gasteiger partial charge on any atom is 0.302 e. The average Bonchev–Trinajstić information content (AvgIpc) is 2.96. The number of hydrogen-bond donors (Lipinski definition) is 2. The molecule has 0 amide bonds. The van der Waals surface area contributed by atoms with E-state index in [2.05, 4.69) is 24.2 Å². The zero-order chi connectivity index (χ0) is 19.4. The van der Waals surface area contributed by atoms with Crippen LogP contribution in [-0.2, 0) is 9.53 Å². The van der Waals surface area contributed by atoms with Gasteiger partial charge in [-0.2, -0.15) is 0 Å². The van der Waals surface area contributed by atoms with Gasteiger partial charge in [0.15, 0.2) is 0 Å². The van der Waals surface area contributed by atoms with Crippen LogP contribution in [0.4, 0.5) is 0 Å². The Morgan fingerprint density at radius 1 is 1.00 bits per heavy atom. The first kappa shape index (κ1) is 18.8. The SMILES string of the molecule is CC(=O)O[C@H]1CC[C@H]2[C@@H]3CC[C@H]4CC(=N\O)/C(=N\O)C[C@]4(C)[C@H]3CC[C@]12C. The molecule has 4 aliphatic rings. The Balaban J connectivity index is 1.61. The zero-order valence-electron chi connectivity index (χ0n) is 16.6. The van der Waals surface area contributed by atoms with Crippen molar-refractivity contribution < 1.29 is 19.9 Å². The Morgan fingerprint density at radius 3 is 2.37 bits per heavy atom. The summed E-state index contributed by atoms with van der Waals surface area (Å²) in [4.78, 5) is 11.6. The maximum absolute atomic E-state index is 11.6. The minimum Gasteiger partial charge on any atom is -0.462 e. The molecule has 0 bridgehead atoms. The summed E-state index contributed by atoms with van der Waals surface area (Å²) in [7, 11) is 0. The standard InChI is InChI=1S/C21H32N2O4/c1-12(24)27-19-7-6-15-14-5-4-13-10-17(22-25)18(23-26)11-21(13,3)16(14)8-9-20(15,19)2/h13-16,19,25-26H,4-11H2,1-3H3/b22-17+,23-18-/t13-,14-,15-,16-,19-,20-,21-/m0/s1. The molecule has 0 aliphatic heterocycles. The molecule has 0 heterocycles. The van der Waals surface area contributed by atoms with Crippen molar-refractivity contribution in [3.63, 3.8) is 0 Å². The summed E-state index contributed by atoms with van der Waals surface area (Å²) in [6.45, 7) is 6.21. The molecular weight excluding hydrogens is 344 g/mol. The summed E-state index contributed by atoms with van der Waals surface area (Å²) >= 11 is 0. The quantitative estimate of drug-likeness (QED) is 0.407. The normalized spacial score (nSPS) is 49.4. The van der Waals surface area contributed by atoms with E-state index in [1.807, 2.05) is 0 Å². The number of rotatable bonds is 1. The van der Waals surface area contributed by atoms with Crippen LogP contribution in [0.25, 0.3) is 0 Å². The van der Waals surface area contributed by atoms with E-state index in [-0.39, 0.29) is 22.9 Å². The van der Waals surface area contributed by atoms with E-state index in [0.717, 1.165) is 32.1 Å². The van der Waals surface area contributed by atoms with Gasteiger partial charge < -0.3 is 15.2 Å². The summed E-state index contributed by atoms with van der Waals surface area (Å²) in [5.74, 6) is 2.14. The van der Waals surface area contributed by atoms with Crippen LogP contribution < -0.4 is 0 Å². The number of carbonyl (C=O) groups is 1. The first-order valence-corrected chi connectivity index (χ1v) is 10.4. The fourth-order valence-corrected chi connectivity index (χ4v) is 7.50. The predicted molar refractivity (Wildman–Crippen MR) is 101 cm³/mol. The first-order chi connectivity index (χ1) is 12.8. The molecule has 6 heteroatoms. The highest BCUT2D eigenvalue weighted by Gasteiger charge is 2.61. The monoisotopic (exact) mass is 376 g/mol. The number of esters is 1. The Labute approximate surface area is 161 Å². The Hall–Kier alpha value is -1.59. The van der Waals surface area contributed by atoms with Crippen LogP contribution in [0, 0.1) is 34.5 Å². The van der Waals surface area contributed by atoms with Crippen molar-refractivity contribution in [1.82, 2.24) is 0 Å². The van der Waals surface area contributed by atoms with Crippen molar-refractivity contribution in [2.24, 2.45) is 44.8 Å². The molecule has 0 aromatic rings. The van der Waals surface area contributed by atoms with Crippen molar-refractivity contribution >= 4 is 17.4 Å². The minimum atomic E-state index is -0.161. The van der Waals surface area contributed by atoms with Crippen molar-refractivity contribution in [3.05, 3.63) is 0 Å². The molecule has 0 aromatic heterocycles. The molecule has 4 fully saturated rings. The molecule has 6 nitrogen and oxygen atoms in total. The lowest BCUT2D eigenvalue weighted by Gasteiger charge is -2.60. The van der Waals surface area contributed by atoms with E-state index < -0.39 is 0 Å². The highest BCUT2D eigenvalue weighted by atomic mass is 16.5. The highest BCUT2D eigenvalue weighted by Crippen LogP contribution is 2.66. The summed E-state index contributed by atoms with van der Waals surface area (Å²) in [5.41, 5.74) is 1.28. The second-order valence-corrected chi connectivity index (χ2v) is 9.85. The first-order valence-electron chi connectivity index (χ1n) is 10.4. The molecule has 0 spiro atoms. The molecule has 2 N–H and O–H groups in total. The van der Waals surface area contributed by atoms with E-state index >= 15 is 0 Å². The molecule has 0 radical (unpaired) electrons. The third kappa shape index (κ3) is 2.70. The van der Waals surface area contributed by atoms with Gasteiger partial charge in [0.25, 0.3) is 0 Å². The smallest absolute Gasteiger partial charge is 0.302 e. The van der Waals surface area contributed by atoms with Gasteiger partial charge in [0, 0.05) is 18.8 Å². The summed E-state index contributed by atoms with van der Waals surface area (Å²) in [5, 5.41) is 25.6. The van der Waals surface area contributed by atoms with Gasteiger partial charge in [0.1, 0.15) is 17.5 Å². The fourth-order valence-electron chi connectivity index (χ4n) is 7.50. The number of hydrogen-bond acceptors (Lipinski definition) is 6. The van der Waals surface area contributed by atoms with Gasteiger partial charge in [-0.25, -0.2) is 0 Å². The van der Waals surface area contributed by atoms with E-state index in [1.54, 1.807) is 0 Å². The van der Waals surface area contributed by atoms with Crippen LogP contribution in [0.15, 0.2) is 10.3 Å². The number of fused-ring (bicyclic) bond motifs is 5. The molecule has 7 atom stereocenters. The summed E-state index contributed by atoms with van der Waals surface area (Å²) in [6.07, 6.45) is 8.11. The van der Waals surface area contributed by atoms with Crippen LogP contribution in [-0.4, -0.2) is 33.9 Å². The van der Waals surface area contributed by atoms with Crippen molar-refractivity contribution in [3.8, 4) is 0 Å². The lowest BCUT2D eigenvalue weighted by Crippen LogP contribution is -2.55. The van der Waals surface area contributed by atoms with Crippen LogP contribution >= 0.6 is 0 Å². The second-order valence-electron chi connectivity index (χ2n) is 9.85. The van der Waals surface area contributed by atoms with Gasteiger partial charge in [0.2, 0.25) is 0 Å². The third-order valence-electron chi connectivity index (χ3n) is 8.85. The molecule has 150 valence electrons. The van der Waals surface area contributed by atoms with E-state index in [4.69, 9.17) is 4.74 Å². The van der Waals surface area contributed by atoms with Crippen molar-refractivity contribution in [1.29, 1.82) is 0 Å². The van der Waals surface area contributed by atoms with E-state index in [0.29, 0.717) is 47.9 Å². The van der Waals surface area contributed by atoms with Gasteiger partial charge in [-0.1, -0.05) is 24.2 Å². The molecule has 4 aliphatic carbocycles. The summed E-state index contributed by atoms with van der Waals surface area (Å²) in [6, 6.07) is 0. The number of oxime groups is 2. The van der Waals surface area contributed by atoms with Crippen LogP contribution in [0.1, 0.15) is 72.1 Å². The lowest BCUT2D eigenvalue weighted by molar-refractivity contribution is -0.159. The lowest BCUT2D eigenvalue weighted by atomic mass is 9.45. The molecule has 27 heavy (non-hydrogen) atoms. The van der Waals surface area contributed by atoms with Crippen LogP contribution in [0.2, 0.25) is 0 Å². The minimum absolute atomic E-state index is 0.0560. The molecule has 0 aromatic carbocycles. The van der Waals surface area contributed by atoms with Gasteiger partial charge in [0.05, 0.1) is 0 Å². The maximum atomic E-state index is 11.6. The number of nitrogens with zero attached hydrogens (tertiary/aromatic N) is 2.